The number of hydrogen-bond acceptors (Lipinski definition) is 6. The zero-order chi connectivity index (χ0) is 26.5. The standard InChI is InChI=1S/C28H47N3O4S/c1-21-17-27(35-6)18-22(2)28(21)36(33,34)30(5)15-14-26(32)12-11-23-7-9-24(10-8-23)19-31-16-13-25(20-31)29(3)4/h17-18,23-25H,7-16,19-20H2,1-6H3. The Morgan fingerprint density at radius 1 is 1.00 bits per heavy atom. The first-order chi connectivity index (χ1) is 17.0. The van der Waals surface area contributed by atoms with E-state index in [0.29, 0.717) is 40.2 Å². The maximum Gasteiger partial charge on any atom is 0.243 e. The number of aryl methyl sites for hydroxylation is 2. The smallest absolute Gasteiger partial charge is 0.243 e. The van der Waals surface area contributed by atoms with Gasteiger partial charge in [0.15, 0.2) is 0 Å². The largest absolute Gasteiger partial charge is 0.497 e. The molecule has 1 unspecified atom stereocenters. The van der Waals surface area contributed by atoms with E-state index in [2.05, 4.69) is 23.9 Å². The Balaban J connectivity index is 1.38. The molecule has 1 aromatic rings. The van der Waals surface area contributed by atoms with Crippen molar-refractivity contribution in [2.45, 2.75) is 76.2 Å². The predicted octanol–water partition coefficient (Wildman–Crippen LogP) is 4.11. The summed E-state index contributed by atoms with van der Waals surface area (Å²) in [6.45, 7) is 7.42. The van der Waals surface area contributed by atoms with Gasteiger partial charge in [-0.3, -0.25) is 4.79 Å². The number of hydrogen-bond donors (Lipinski definition) is 0. The summed E-state index contributed by atoms with van der Waals surface area (Å²) >= 11 is 0. The van der Waals surface area contributed by atoms with Gasteiger partial charge in [-0.25, -0.2) is 12.7 Å². The van der Waals surface area contributed by atoms with Crippen LogP contribution in [0.3, 0.4) is 0 Å². The summed E-state index contributed by atoms with van der Waals surface area (Å²) < 4.78 is 32.9. The van der Waals surface area contributed by atoms with E-state index in [0.717, 1.165) is 12.3 Å². The van der Waals surface area contributed by atoms with E-state index >= 15 is 0 Å². The Morgan fingerprint density at radius 3 is 2.17 bits per heavy atom. The molecule has 7 nitrogen and oxygen atoms in total. The Hall–Kier alpha value is -1.48. The molecule has 0 spiro atoms. The summed E-state index contributed by atoms with van der Waals surface area (Å²) in [5.41, 5.74) is 1.31. The van der Waals surface area contributed by atoms with Gasteiger partial charge in [-0.15, -0.1) is 0 Å². The number of carbonyl (C=O) groups is 1. The number of ketones is 1. The molecule has 1 aliphatic carbocycles. The summed E-state index contributed by atoms with van der Waals surface area (Å²) in [4.78, 5) is 17.9. The lowest BCUT2D eigenvalue weighted by atomic mass is 9.79. The molecule has 0 aromatic heterocycles. The van der Waals surface area contributed by atoms with Gasteiger partial charge in [0, 0.05) is 45.6 Å². The lowest BCUT2D eigenvalue weighted by Crippen LogP contribution is -2.34. The molecular weight excluding hydrogens is 474 g/mol. The Kier molecular flexibility index (Phi) is 10.4. The Morgan fingerprint density at radius 2 is 1.61 bits per heavy atom. The molecule has 8 heteroatoms. The number of benzene rings is 1. The highest BCUT2D eigenvalue weighted by molar-refractivity contribution is 7.89. The monoisotopic (exact) mass is 521 g/mol. The summed E-state index contributed by atoms with van der Waals surface area (Å²) in [6, 6.07) is 4.17. The molecule has 1 saturated carbocycles. The molecule has 1 atom stereocenters. The number of methoxy groups -OCH3 is 1. The van der Waals surface area contributed by atoms with Crippen LogP contribution in [0.25, 0.3) is 0 Å². The number of nitrogens with zero attached hydrogens (tertiary/aromatic N) is 3. The number of likely N-dealkylation sites (tertiary alicyclic amines) is 1. The molecule has 2 fully saturated rings. The summed E-state index contributed by atoms with van der Waals surface area (Å²) in [5.74, 6) is 2.23. The SMILES string of the molecule is COc1cc(C)c(S(=O)(=O)N(C)CCC(=O)CCC2CCC(CN3CCC(N(C)C)C3)CC2)c(C)c1. The predicted molar refractivity (Wildman–Crippen MR) is 145 cm³/mol. The lowest BCUT2D eigenvalue weighted by Gasteiger charge is -2.31. The van der Waals surface area contributed by atoms with E-state index in [1.165, 1.54) is 56.0 Å². The van der Waals surface area contributed by atoms with Crippen LogP contribution in [0.2, 0.25) is 0 Å². The fraction of sp³-hybridized carbons (Fsp3) is 0.750. The topological polar surface area (TPSA) is 70.2 Å². The van der Waals surface area contributed by atoms with Crippen LogP contribution in [-0.2, 0) is 14.8 Å². The number of sulfonamides is 1. The minimum Gasteiger partial charge on any atom is -0.497 e. The molecular formula is C28H47N3O4S. The first kappa shape index (κ1) is 29.1. The van der Waals surface area contributed by atoms with Crippen molar-refractivity contribution in [1.82, 2.24) is 14.1 Å². The first-order valence-corrected chi connectivity index (χ1v) is 15.0. The summed E-state index contributed by atoms with van der Waals surface area (Å²) in [6.07, 6.45) is 8.00. The first-order valence-electron chi connectivity index (χ1n) is 13.5. The normalized spacial score (nSPS) is 23.5. The summed E-state index contributed by atoms with van der Waals surface area (Å²) in [5, 5.41) is 0. The van der Waals surface area contributed by atoms with Crippen molar-refractivity contribution in [2.24, 2.45) is 11.8 Å². The molecule has 1 aliphatic heterocycles. The molecule has 2 aliphatic rings. The van der Waals surface area contributed by atoms with Crippen LogP contribution in [0.4, 0.5) is 0 Å². The molecule has 3 rings (SSSR count). The van der Waals surface area contributed by atoms with Crippen LogP contribution < -0.4 is 4.74 Å². The summed E-state index contributed by atoms with van der Waals surface area (Å²) in [7, 11) is 3.83. The van der Waals surface area contributed by atoms with Crippen molar-refractivity contribution in [3.05, 3.63) is 23.3 Å². The van der Waals surface area contributed by atoms with Gasteiger partial charge in [0.1, 0.15) is 11.5 Å². The van der Waals surface area contributed by atoms with Gasteiger partial charge in [0.05, 0.1) is 12.0 Å². The van der Waals surface area contributed by atoms with Crippen molar-refractivity contribution in [2.75, 3.05) is 54.4 Å². The van der Waals surface area contributed by atoms with Crippen LogP contribution >= 0.6 is 0 Å². The number of Topliss-reactive ketones (excluding diaryl/α,β-unsaturated/α-hetero) is 1. The number of rotatable bonds is 12. The second kappa shape index (κ2) is 12.9. The fourth-order valence-corrected chi connectivity index (χ4v) is 7.53. The molecule has 204 valence electrons. The van der Waals surface area contributed by atoms with E-state index in [9.17, 15) is 13.2 Å². The van der Waals surface area contributed by atoms with E-state index in [-0.39, 0.29) is 18.7 Å². The van der Waals surface area contributed by atoms with Gasteiger partial charge < -0.3 is 14.5 Å². The Bertz CT molecular complexity index is 964. The van der Waals surface area contributed by atoms with E-state index in [1.54, 1.807) is 40.1 Å². The minimum absolute atomic E-state index is 0.161. The van der Waals surface area contributed by atoms with Crippen molar-refractivity contribution in [3.63, 3.8) is 0 Å². The molecule has 0 radical (unpaired) electrons. The van der Waals surface area contributed by atoms with Crippen molar-refractivity contribution < 1.29 is 17.9 Å². The second-order valence-electron chi connectivity index (χ2n) is 11.3. The van der Waals surface area contributed by atoms with Crippen LogP contribution in [0, 0.1) is 25.7 Å². The third-order valence-corrected chi connectivity index (χ3v) is 10.5. The van der Waals surface area contributed by atoms with Gasteiger partial charge in [-0.2, -0.15) is 0 Å². The quantitative estimate of drug-likeness (QED) is 0.412. The highest BCUT2D eigenvalue weighted by Gasteiger charge is 2.29. The molecule has 0 bridgehead atoms. The molecule has 1 aromatic carbocycles. The van der Waals surface area contributed by atoms with Gasteiger partial charge in [0.2, 0.25) is 10.0 Å². The number of ether oxygens (including phenoxy) is 1. The third kappa shape index (κ3) is 7.53. The van der Waals surface area contributed by atoms with E-state index in [4.69, 9.17) is 4.74 Å². The van der Waals surface area contributed by atoms with E-state index in [1.807, 2.05) is 0 Å². The minimum atomic E-state index is -3.66. The average molecular weight is 522 g/mol. The highest BCUT2D eigenvalue weighted by atomic mass is 32.2. The molecule has 0 amide bonds. The van der Waals surface area contributed by atoms with Crippen LogP contribution in [-0.4, -0.2) is 88.8 Å². The fourth-order valence-electron chi connectivity index (χ4n) is 5.95. The number of carbonyl (C=O) groups excluding carboxylic acids is 1. The van der Waals surface area contributed by atoms with Gasteiger partial charge >= 0.3 is 0 Å². The van der Waals surface area contributed by atoms with Crippen molar-refractivity contribution >= 4 is 15.8 Å². The lowest BCUT2D eigenvalue weighted by molar-refractivity contribution is -0.119. The maximum absolute atomic E-state index is 13.2. The van der Waals surface area contributed by atoms with Crippen molar-refractivity contribution in [1.29, 1.82) is 0 Å². The van der Waals surface area contributed by atoms with Crippen LogP contribution in [0.5, 0.6) is 5.75 Å². The van der Waals surface area contributed by atoms with Crippen molar-refractivity contribution in [3.8, 4) is 5.75 Å². The zero-order valence-electron chi connectivity index (χ0n) is 23.3. The van der Waals surface area contributed by atoms with Gasteiger partial charge in [0.25, 0.3) is 0 Å². The van der Waals surface area contributed by atoms with Gasteiger partial charge in [-0.05, 0) is 95.3 Å². The second-order valence-corrected chi connectivity index (χ2v) is 13.3. The highest BCUT2D eigenvalue weighted by Crippen LogP contribution is 2.33. The third-order valence-electron chi connectivity index (χ3n) is 8.34. The van der Waals surface area contributed by atoms with E-state index < -0.39 is 10.0 Å². The molecule has 36 heavy (non-hydrogen) atoms. The average Bonchev–Trinajstić information content (AvgIpc) is 3.30. The maximum atomic E-state index is 13.2. The molecule has 1 heterocycles. The number of likely N-dealkylation sites (N-methyl/N-ethyl adjacent to an activating group) is 1. The van der Waals surface area contributed by atoms with Crippen LogP contribution in [0.1, 0.15) is 62.5 Å². The Labute approximate surface area is 219 Å². The van der Waals surface area contributed by atoms with Crippen LogP contribution in [0.15, 0.2) is 17.0 Å². The molecule has 0 N–H and O–H groups in total. The molecule has 1 saturated heterocycles. The van der Waals surface area contributed by atoms with Gasteiger partial charge in [-0.1, -0.05) is 12.8 Å². The zero-order valence-corrected chi connectivity index (χ0v) is 24.1.